The number of para-hydroxylation sites is 2. The van der Waals surface area contributed by atoms with Crippen molar-refractivity contribution in [2.75, 3.05) is 0 Å². The van der Waals surface area contributed by atoms with Crippen LogP contribution in [-0.2, 0) is 0 Å². The van der Waals surface area contributed by atoms with Gasteiger partial charge in [0.25, 0.3) is 0 Å². The van der Waals surface area contributed by atoms with Crippen LogP contribution in [0.25, 0.3) is 111 Å². The molecule has 0 spiro atoms. The highest BCUT2D eigenvalue weighted by Gasteiger charge is 2.24. The van der Waals surface area contributed by atoms with Crippen LogP contribution in [0.15, 0.2) is 224 Å². The van der Waals surface area contributed by atoms with E-state index in [0.717, 1.165) is 33.4 Å². The lowest BCUT2D eigenvalue weighted by molar-refractivity contribution is 0.953. The summed E-state index contributed by atoms with van der Waals surface area (Å²) in [6, 6.07) is 47.6. The molecule has 0 saturated carbocycles. The zero-order chi connectivity index (χ0) is 49.7. The first-order chi connectivity index (χ1) is 34.9. The highest BCUT2D eigenvalue weighted by molar-refractivity contribution is 6.23. The van der Waals surface area contributed by atoms with E-state index < -0.39 is 60.4 Å². The van der Waals surface area contributed by atoms with Crippen LogP contribution >= 0.6 is 0 Å². The van der Waals surface area contributed by atoms with Gasteiger partial charge in [-0.1, -0.05) is 188 Å². The van der Waals surface area contributed by atoms with Crippen molar-refractivity contribution in [1.82, 2.24) is 24.1 Å². The smallest absolute Gasteiger partial charge is 0.238 e. The number of fused-ring (bicyclic) bond motifs is 7. The Morgan fingerprint density at radius 1 is 0.323 bits per heavy atom. The molecule has 0 aliphatic heterocycles. The summed E-state index contributed by atoms with van der Waals surface area (Å²) in [6.07, 6.45) is 0. The molecule has 5 heteroatoms. The molecule has 3 heterocycles. The van der Waals surface area contributed by atoms with Gasteiger partial charge in [-0.15, -0.1) is 0 Å². The van der Waals surface area contributed by atoms with Crippen LogP contribution < -0.4 is 0 Å². The number of hydrogen-bond donors (Lipinski definition) is 0. The quantitative estimate of drug-likeness (QED) is 0.161. The van der Waals surface area contributed by atoms with Gasteiger partial charge < -0.3 is 4.57 Å². The molecule has 0 bridgehead atoms. The summed E-state index contributed by atoms with van der Waals surface area (Å²) in [5, 5.41) is -0.0787. The molecule has 0 unspecified atom stereocenters. The van der Waals surface area contributed by atoms with Crippen LogP contribution in [-0.4, -0.2) is 24.1 Å². The van der Waals surface area contributed by atoms with Crippen LogP contribution in [0.4, 0.5) is 0 Å². The third kappa shape index (κ3) is 5.98. The molecule has 0 aliphatic carbocycles. The van der Waals surface area contributed by atoms with Gasteiger partial charge in [-0.3, -0.25) is 4.57 Å². The molecule has 0 saturated heterocycles. The van der Waals surface area contributed by atoms with Gasteiger partial charge in [-0.2, -0.15) is 9.97 Å². The molecule has 0 amide bonds. The third-order valence-corrected chi connectivity index (χ3v) is 11.2. The van der Waals surface area contributed by atoms with Crippen LogP contribution in [0.3, 0.4) is 0 Å². The highest BCUT2D eigenvalue weighted by Crippen LogP contribution is 2.42. The first-order valence-corrected chi connectivity index (χ1v) is 20.1. The van der Waals surface area contributed by atoms with Gasteiger partial charge in [0.2, 0.25) is 5.95 Å². The molecule has 0 aliphatic rings. The van der Waals surface area contributed by atoms with Gasteiger partial charge in [0.15, 0.2) is 11.6 Å². The normalized spacial score (nSPS) is 13.8. The molecular formula is C57H37N5. The predicted molar refractivity (Wildman–Crippen MR) is 256 cm³/mol. The molecule has 0 radical (unpaired) electrons. The summed E-state index contributed by atoms with van der Waals surface area (Å²) in [6.45, 7) is 0. The van der Waals surface area contributed by atoms with Gasteiger partial charge in [-0.25, -0.2) is 4.98 Å². The molecule has 0 atom stereocenters. The Labute approximate surface area is 372 Å². The summed E-state index contributed by atoms with van der Waals surface area (Å²) in [4.78, 5) is 15.2. The third-order valence-electron chi connectivity index (χ3n) is 11.2. The fourth-order valence-corrected chi connectivity index (χ4v) is 8.38. The lowest BCUT2D eigenvalue weighted by atomic mass is 9.99. The molecule has 3 aromatic heterocycles. The Morgan fingerprint density at radius 2 is 0.742 bits per heavy atom. The van der Waals surface area contributed by atoms with E-state index in [1.165, 1.54) is 4.57 Å². The van der Waals surface area contributed by atoms with Crippen LogP contribution in [0.5, 0.6) is 0 Å². The summed E-state index contributed by atoms with van der Waals surface area (Å²) >= 11 is 0. The van der Waals surface area contributed by atoms with Gasteiger partial charge in [0.1, 0.15) is 0 Å². The van der Waals surface area contributed by atoms with Crippen LogP contribution in [0, 0.1) is 0 Å². The summed E-state index contributed by atoms with van der Waals surface area (Å²) in [5.41, 5.74) is 7.36. The van der Waals surface area contributed by atoms with Crippen molar-refractivity contribution in [3.05, 3.63) is 224 Å². The standard InChI is InChI=1S/C57H37N5/c1-4-17-38(18-5-1)41-23-14-25-43(35-41)44-26-16-28-46(37-44)61-51-31-12-10-29-47(51)49-33-34-50-48-30-11-13-32-52(48)62(54(50)53(49)61)57-59-55(40-21-8-3-9-22-40)58-56(60-57)45-27-15-24-42(36-45)39-19-6-2-7-20-39/h1-37H/i10D,11D,12D,13D,29D,30D,31D,32D,33D,34D. The zero-order valence-corrected chi connectivity index (χ0v) is 32.8. The fraction of sp³-hybridized carbons (Fsp3) is 0. The second kappa shape index (κ2) is 14.7. The van der Waals surface area contributed by atoms with Gasteiger partial charge >= 0.3 is 0 Å². The Morgan fingerprint density at radius 3 is 1.34 bits per heavy atom. The van der Waals surface area contributed by atoms with Crippen molar-refractivity contribution < 1.29 is 13.7 Å². The van der Waals surface area contributed by atoms with E-state index in [4.69, 9.17) is 20.4 Å². The molecule has 0 N–H and O–H groups in total. The minimum Gasteiger partial charge on any atom is -0.307 e. The van der Waals surface area contributed by atoms with E-state index in [0.29, 0.717) is 16.8 Å². The largest absolute Gasteiger partial charge is 0.307 e. The van der Waals surface area contributed by atoms with E-state index >= 15 is 0 Å². The second-order valence-electron chi connectivity index (χ2n) is 14.9. The van der Waals surface area contributed by atoms with Crippen molar-refractivity contribution in [1.29, 1.82) is 0 Å². The van der Waals surface area contributed by atoms with E-state index in [9.17, 15) is 8.22 Å². The van der Waals surface area contributed by atoms with Crippen molar-refractivity contribution in [2.45, 2.75) is 0 Å². The monoisotopic (exact) mass is 801 g/mol. The molecule has 12 aromatic rings. The Bertz CT molecular complexity index is 4220. The average Bonchev–Trinajstić information content (AvgIpc) is 3.98. The van der Waals surface area contributed by atoms with Crippen molar-refractivity contribution in [3.63, 3.8) is 0 Å². The van der Waals surface area contributed by atoms with Crippen molar-refractivity contribution in [2.24, 2.45) is 0 Å². The maximum absolute atomic E-state index is 9.82. The molecule has 5 nitrogen and oxygen atoms in total. The SMILES string of the molecule is [2H]c1c([2H])c([2H])c2c(c1[2H])c1c([2H])c([2H])c3c4c([2H])c([2H])c([2H])c([2H])c4n(-c4nc(-c5ccccc5)nc(-c5cccc(-c6ccccc6)c5)n4)c3c1n2-c1cccc(-c2cccc(-c3ccccc3)c2)c1. The lowest BCUT2D eigenvalue weighted by Gasteiger charge is -2.14. The number of nitrogens with zero attached hydrogens (tertiary/aromatic N) is 5. The van der Waals surface area contributed by atoms with E-state index in [2.05, 4.69) is 6.07 Å². The van der Waals surface area contributed by atoms with Gasteiger partial charge in [0, 0.05) is 38.4 Å². The molecular weight excluding hydrogens is 755 g/mol. The average molecular weight is 802 g/mol. The highest BCUT2D eigenvalue weighted by atomic mass is 15.2. The Hall–Kier alpha value is -8.41. The minimum atomic E-state index is -0.554. The molecule has 12 rings (SSSR count). The van der Waals surface area contributed by atoms with Gasteiger partial charge in [-0.05, 0) is 69.7 Å². The Kier molecular flexibility index (Phi) is 6.31. The number of benzene rings is 9. The Balaban J connectivity index is 1.26. The molecule has 290 valence electrons. The fourth-order valence-electron chi connectivity index (χ4n) is 8.38. The number of rotatable bonds is 7. The van der Waals surface area contributed by atoms with Crippen molar-refractivity contribution in [3.8, 4) is 67.8 Å². The summed E-state index contributed by atoms with van der Waals surface area (Å²) < 4.78 is 96.5. The maximum Gasteiger partial charge on any atom is 0.238 e. The van der Waals surface area contributed by atoms with Crippen LogP contribution in [0.2, 0.25) is 0 Å². The minimum absolute atomic E-state index is 0.0109. The topological polar surface area (TPSA) is 48.5 Å². The first kappa shape index (κ1) is 26.6. The van der Waals surface area contributed by atoms with Crippen LogP contribution in [0.1, 0.15) is 13.7 Å². The first-order valence-electron chi connectivity index (χ1n) is 25.1. The van der Waals surface area contributed by atoms with E-state index in [1.807, 2.05) is 152 Å². The van der Waals surface area contributed by atoms with Gasteiger partial charge in [0.05, 0.1) is 35.8 Å². The second-order valence-corrected chi connectivity index (χ2v) is 14.9. The summed E-state index contributed by atoms with van der Waals surface area (Å²) in [5.74, 6) is 0.398. The van der Waals surface area contributed by atoms with E-state index in [-0.39, 0.29) is 61.2 Å². The molecule has 0 fully saturated rings. The predicted octanol–water partition coefficient (Wildman–Crippen LogP) is 14.4. The molecule has 9 aromatic carbocycles. The number of hydrogen-bond acceptors (Lipinski definition) is 3. The summed E-state index contributed by atoms with van der Waals surface area (Å²) in [7, 11) is 0. The zero-order valence-electron chi connectivity index (χ0n) is 42.8. The maximum atomic E-state index is 9.82. The van der Waals surface area contributed by atoms with Crippen molar-refractivity contribution >= 4 is 43.6 Å². The lowest BCUT2D eigenvalue weighted by Crippen LogP contribution is -2.07. The molecule has 62 heavy (non-hydrogen) atoms. The number of aromatic nitrogens is 5. The van der Waals surface area contributed by atoms with E-state index in [1.54, 1.807) is 10.6 Å².